The number of aromatic hydroxyl groups is 1. The first-order chi connectivity index (χ1) is 7.66. The van der Waals surface area contributed by atoms with Crippen LogP contribution in [-0.2, 0) is 0 Å². The second kappa shape index (κ2) is 4.49. The molecule has 0 amide bonds. The molecule has 2 aromatic rings. The monoisotopic (exact) mass is 235 g/mol. The molecule has 16 heavy (non-hydrogen) atoms. The highest BCUT2D eigenvalue weighted by molar-refractivity contribution is 7.15. The van der Waals surface area contributed by atoms with Gasteiger partial charge in [-0.25, -0.2) is 0 Å². The van der Waals surface area contributed by atoms with Crippen molar-refractivity contribution in [3.8, 4) is 5.75 Å². The van der Waals surface area contributed by atoms with Crippen molar-refractivity contribution in [2.75, 3.05) is 5.32 Å². The van der Waals surface area contributed by atoms with Gasteiger partial charge in [-0.2, -0.15) is 0 Å². The van der Waals surface area contributed by atoms with Crippen LogP contribution in [0.15, 0.2) is 24.3 Å². The molecule has 1 aromatic heterocycles. The summed E-state index contributed by atoms with van der Waals surface area (Å²) in [6.07, 6.45) is 0. The number of aryl methyl sites for hydroxylation is 1. The Balaban J connectivity index is 2.14. The van der Waals surface area contributed by atoms with Crippen LogP contribution in [0.2, 0.25) is 0 Å². The van der Waals surface area contributed by atoms with Crippen LogP contribution < -0.4 is 5.32 Å². The molecule has 4 nitrogen and oxygen atoms in total. The summed E-state index contributed by atoms with van der Waals surface area (Å²) in [5.41, 5.74) is 0.857. The molecule has 1 atom stereocenters. The van der Waals surface area contributed by atoms with Crippen LogP contribution in [-0.4, -0.2) is 15.3 Å². The zero-order valence-corrected chi connectivity index (χ0v) is 9.95. The van der Waals surface area contributed by atoms with Gasteiger partial charge in [0, 0.05) is 5.56 Å². The lowest BCUT2D eigenvalue weighted by Gasteiger charge is -2.13. The Morgan fingerprint density at radius 1 is 1.31 bits per heavy atom. The molecule has 0 fully saturated rings. The van der Waals surface area contributed by atoms with E-state index in [1.165, 1.54) is 11.3 Å². The van der Waals surface area contributed by atoms with Crippen LogP contribution in [0, 0.1) is 6.92 Å². The van der Waals surface area contributed by atoms with Gasteiger partial charge in [0.05, 0.1) is 6.04 Å². The fourth-order valence-electron chi connectivity index (χ4n) is 1.47. The maximum Gasteiger partial charge on any atom is 0.206 e. The lowest BCUT2D eigenvalue weighted by Crippen LogP contribution is -2.06. The van der Waals surface area contributed by atoms with Crippen molar-refractivity contribution in [2.24, 2.45) is 0 Å². The van der Waals surface area contributed by atoms with Crippen LogP contribution in [0.3, 0.4) is 0 Å². The maximum absolute atomic E-state index is 9.69. The van der Waals surface area contributed by atoms with E-state index in [9.17, 15) is 5.11 Å². The number of phenols is 1. The predicted molar refractivity (Wildman–Crippen MR) is 64.8 cm³/mol. The Kier molecular flexibility index (Phi) is 3.05. The molecule has 0 saturated carbocycles. The van der Waals surface area contributed by atoms with Gasteiger partial charge in [-0.05, 0) is 19.9 Å². The highest BCUT2D eigenvalue weighted by Gasteiger charge is 2.11. The normalized spacial score (nSPS) is 12.4. The molecule has 0 bridgehead atoms. The Bertz CT molecular complexity index is 484. The van der Waals surface area contributed by atoms with Crippen LogP contribution >= 0.6 is 11.3 Å². The van der Waals surface area contributed by atoms with E-state index in [1.807, 2.05) is 26.0 Å². The zero-order chi connectivity index (χ0) is 11.5. The fraction of sp³-hybridized carbons (Fsp3) is 0.273. The van der Waals surface area contributed by atoms with Crippen molar-refractivity contribution in [2.45, 2.75) is 19.9 Å². The molecule has 5 heteroatoms. The molecule has 0 spiro atoms. The van der Waals surface area contributed by atoms with Gasteiger partial charge in [0.15, 0.2) is 0 Å². The summed E-state index contributed by atoms with van der Waals surface area (Å²) in [6.45, 7) is 3.89. The average molecular weight is 235 g/mol. The Labute approximate surface area is 98.0 Å². The van der Waals surface area contributed by atoms with E-state index in [4.69, 9.17) is 0 Å². The van der Waals surface area contributed by atoms with Crippen molar-refractivity contribution in [3.05, 3.63) is 34.8 Å². The number of para-hydroxylation sites is 1. The van der Waals surface area contributed by atoms with Crippen molar-refractivity contribution in [1.29, 1.82) is 0 Å². The molecule has 0 aliphatic rings. The molecule has 1 heterocycles. The Morgan fingerprint density at radius 3 is 2.69 bits per heavy atom. The zero-order valence-electron chi connectivity index (χ0n) is 9.14. The van der Waals surface area contributed by atoms with E-state index < -0.39 is 0 Å². The maximum atomic E-state index is 9.69. The second-order valence-electron chi connectivity index (χ2n) is 3.55. The van der Waals surface area contributed by atoms with Crippen LogP contribution in [0.1, 0.15) is 23.5 Å². The fourth-order valence-corrected chi connectivity index (χ4v) is 2.15. The highest BCUT2D eigenvalue weighted by atomic mass is 32.1. The number of hydrogen-bond donors (Lipinski definition) is 2. The van der Waals surface area contributed by atoms with Gasteiger partial charge < -0.3 is 10.4 Å². The van der Waals surface area contributed by atoms with Gasteiger partial charge in [-0.3, -0.25) is 0 Å². The topological polar surface area (TPSA) is 58.0 Å². The number of rotatable bonds is 3. The number of benzene rings is 1. The molecular weight excluding hydrogens is 222 g/mol. The number of phenolic OH excluding ortho intramolecular Hbond substituents is 1. The summed E-state index contributed by atoms with van der Waals surface area (Å²) in [6, 6.07) is 7.28. The standard InChI is InChI=1S/C11H13N3OS/c1-7(9-5-3-4-6-10(9)15)12-11-14-13-8(2)16-11/h3-7,15H,1-2H3,(H,12,14). The van der Waals surface area contributed by atoms with Crippen molar-refractivity contribution >= 4 is 16.5 Å². The van der Waals surface area contributed by atoms with Crippen molar-refractivity contribution < 1.29 is 5.11 Å². The third kappa shape index (κ3) is 2.30. The molecule has 1 unspecified atom stereocenters. The van der Waals surface area contributed by atoms with E-state index in [0.29, 0.717) is 5.75 Å². The lowest BCUT2D eigenvalue weighted by atomic mass is 10.1. The minimum atomic E-state index is 0.00792. The largest absolute Gasteiger partial charge is 0.508 e. The highest BCUT2D eigenvalue weighted by Crippen LogP contribution is 2.27. The molecule has 0 aliphatic carbocycles. The van der Waals surface area contributed by atoms with Gasteiger partial charge in [0.2, 0.25) is 5.13 Å². The van der Waals surface area contributed by atoms with E-state index in [2.05, 4.69) is 15.5 Å². The average Bonchev–Trinajstić information content (AvgIpc) is 2.64. The van der Waals surface area contributed by atoms with Gasteiger partial charge in [-0.15, -0.1) is 10.2 Å². The first-order valence-corrected chi connectivity index (χ1v) is 5.83. The number of hydrogen-bond acceptors (Lipinski definition) is 5. The number of nitrogens with zero attached hydrogens (tertiary/aromatic N) is 2. The molecular formula is C11H13N3OS. The molecule has 2 N–H and O–H groups in total. The van der Waals surface area contributed by atoms with Crippen LogP contribution in [0.4, 0.5) is 5.13 Å². The van der Waals surface area contributed by atoms with Crippen molar-refractivity contribution in [3.63, 3.8) is 0 Å². The molecule has 84 valence electrons. The molecule has 0 aliphatic heterocycles. The van der Waals surface area contributed by atoms with Crippen LogP contribution in [0.25, 0.3) is 0 Å². The van der Waals surface area contributed by atoms with E-state index >= 15 is 0 Å². The summed E-state index contributed by atoms with van der Waals surface area (Å²) >= 11 is 1.50. The minimum absolute atomic E-state index is 0.00792. The quantitative estimate of drug-likeness (QED) is 0.858. The summed E-state index contributed by atoms with van der Waals surface area (Å²) in [4.78, 5) is 0. The summed E-state index contributed by atoms with van der Waals surface area (Å²) in [5.74, 6) is 0.295. The second-order valence-corrected chi connectivity index (χ2v) is 4.73. The first-order valence-electron chi connectivity index (χ1n) is 5.01. The van der Waals surface area contributed by atoms with Crippen molar-refractivity contribution in [1.82, 2.24) is 10.2 Å². The SMILES string of the molecule is Cc1nnc(NC(C)c2ccccc2O)s1. The summed E-state index contributed by atoms with van der Waals surface area (Å²) < 4.78 is 0. The molecule has 0 radical (unpaired) electrons. The lowest BCUT2D eigenvalue weighted by molar-refractivity contribution is 0.465. The van der Waals surface area contributed by atoms with E-state index in [-0.39, 0.29) is 6.04 Å². The molecule has 0 saturated heterocycles. The van der Waals surface area contributed by atoms with Gasteiger partial charge >= 0.3 is 0 Å². The smallest absolute Gasteiger partial charge is 0.206 e. The summed E-state index contributed by atoms with van der Waals surface area (Å²) in [5, 5.41) is 22.5. The molecule has 2 rings (SSSR count). The van der Waals surface area contributed by atoms with Gasteiger partial charge in [0.25, 0.3) is 0 Å². The Hall–Kier alpha value is -1.62. The summed E-state index contributed by atoms with van der Waals surface area (Å²) in [7, 11) is 0. The third-order valence-electron chi connectivity index (χ3n) is 2.27. The Morgan fingerprint density at radius 2 is 2.06 bits per heavy atom. The van der Waals surface area contributed by atoms with E-state index in [1.54, 1.807) is 12.1 Å². The number of aromatic nitrogens is 2. The van der Waals surface area contributed by atoms with Crippen LogP contribution in [0.5, 0.6) is 5.75 Å². The minimum Gasteiger partial charge on any atom is -0.508 e. The predicted octanol–water partition coefficient (Wildman–Crippen LogP) is 2.73. The molecule has 1 aromatic carbocycles. The number of anilines is 1. The van der Waals surface area contributed by atoms with Gasteiger partial charge in [-0.1, -0.05) is 29.5 Å². The first kappa shape index (κ1) is 10.9. The van der Waals surface area contributed by atoms with Gasteiger partial charge in [0.1, 0.15) is 10.8 Å². The number of nitrogens with one attached hydrogen (secondary N) is 1. The third-order valence-corrected chi connectivity index (χ3v) is 3.04. The van der Waals surface area contributed by atoms with E-state index in [0.717, 1.165) is 15.7 Å².